The first-order chi connectivity index (χ1) is 8.67. The monoisotopic (exact) mass is 248 g/mol. The molecule has 2 rings (SSSR count). The highest BCUT2D eigenvalue weighted by molar-refractivity contribution is 5.97. The summed E-state index contributed by atoms with van der Waals surface area (Å²) < 4.78 is 18.6. The van der Waals surface area contributed by atoms with Gasteiger partial charge in [0.1, 0.15) is 23.2 Å². The van der Waals surface area contributed by atoms with Crippen LogP contribution in [-0.4, -0.2) is 19.1 Å². The van der Waals surface area contributed by atoms with Crippen LogP contribution in [-0.2, 0) is 0 Å². The minimum atomic E-state index is -0.653. The fraction of sp³-hybridized carbons (Fsp3) is 0.385. The first-order valence-corrected chi connectivity index (χ1v) is 5.70. The summed E-state index contributed by atoms with van der Waals surface area (Å²) in [6.45, 7) is 0. The number of nitriles is 1. The van der Waals surface area contributed by atoms with E-state index in [0.717, 1.165) is 12.8 Å². The summed E-state index contributed by atoms with van der Waals surface area (Å²) in [5.41, 5.74) is -0.152. The number of benzene rings is 1. The molecule has 1 aliphatic carbocycles. The Bertz CT molecular complexity index is 506. The molecule has 1 saturated carbocycles. The number of amides is 1. The summed E-state index contributed by atoms with van der Waals surface area (Å²) in [4.78, 5) is 12.0. The molecule has 1 aromatic carbocycles. The van der Waals surface area contributed by atoms with Crippen molar-refractivity contribution in [1.82, 2.24) is 5.32 Å². The third-order valence-corrected chi connectivity index (χ3v) is 2.94. The lowest BCUT2D eigenvalue weighted by Crippen LogP contribution is -2.36. The SMILES string of the molecule is COc1cccc(F)c1C(=O)NC(C#N)C1CC1. The van der Waals surface area contributed by atoms with Gasteiger partial charge in [-0.25, -0.2) is 4.39 Å². The largest absolute Gasteiger partial charge is 0.496 e. The molecule has 0 radical (unpaired) electrons. The van der Waals surface area contributed by atoms with Crippen LogP contribution in [0.1, 0.15) is 23.2 Å². The molecule has 18 heavy (non-hydrogen) atoms. The average Bonchev–Trinajstić information content (AvgIpc) is 3.19. The van der Waals surface area contributed by atoms with Crippen molar-refractivity contribution in [2.24, 2.45) is 5.92 Å². The fourth-order valence-electron chi connectivity index (χ4n) is 1.79. The molecule has 1 aromatic rings. The van der Waals surface area contributed by atoms with E-state index in [1.165, 1.54) is 25.3 Å². The summed E-state index contributed by atoms with van der Waals surface area (Å²) in [6, 6.07) is 5.64. The van der Waals surface area contributed by atoms with E-state index in [1.54, 1.807) is 0 Å². The van der Waals surface area contributed by atoms with Gasteiger partial charge in [-0.05, 0) is 30.9 Å². The van der Waals surface area contributed by atoms with Gasteiger partial charge in [0.15, 0.2) is 0 Å². The quantitative estimate of drug-likeness (QED) is 0.884. The van der Waals surface area contributed by atoms with E-state index in [9.17, 15) is 9.18 Å². The molecule has 1 unspecified atom stereocenters. The van der Waals surface area contributed by atoms with Gasteiger partial charge in [-0.3, -0.25) is 4.79 Å². The molecule has 1 amide bonds. The lowest BCUT2D eigenvalue weighted by molar-refractivity contribution is 0.0934. The number of carbonyl (C=O) groups excluding carboxylic acids is 1. The predicted molar refractivity (Wildman–Crippen MR) is 62.5 cm³/mol. The van der Waals surface area contributed by atoms with Crippen molar-refractivity contribution < 1.29 is 13.9 Å². The van der Waals surface area contributed by atoms with Crippen LogP contribution >= 0.6 is 0 Å². The second kappa shape index (κ2) is 5.05. The molecule has 0 saturated heterocycles. The number of hydrogen-bond donors (Lipinski definition) is 1. The van der Waals surface area contributed by atoms with Gasteiger partial charge in [0, 0.05) is 0 Å². The lowest BCUT2D eigenvalue weighted by Gasteiger charge is -2.13. The number of nitrogens with zero attached hydrogens (tertiary/aromatic N) is 1. The van der Waals surface area contributed by atoms with Crippen molar-refractivity contribution in [1.29, 1.82) is 5.26 Å². The van der Waals surface area contributed by atoms with Crippen molar-refractivity contribution >= 4 is 5.91 Å². The number of hydrogen-bond acceptors (Lipinski definition) is 3. The van der Waals surface area contributed by atoms with Crippen LogP contribution in [0.25, 0.3) is 0 Å². The minimum Gasteiger partial charge on any atom is -0.496 e. The predicted octanol–water partition coefficient (Wildman–Crippen LogP) is 1.87. The Morgan fingerprint density at radius 2 is 2.33 bits per heavy atom. The van der Waals surface area contributed by atoms with Gasteiger partial charge in [0.2, 0.25) is 0 Å². The van der Waals surface area contributed by atoms with Crippen LogP contribution in [0, 0.1) is 23.1 Å². The van der Waals surface area contributed by atoms with Gasteiger partial charge in [-0.15, -0.1) is 0 Å². The maximum Gasteiger partial charge on any atom is 0.259 e. The van der Waals surface area contributed by atoms with E-state index in [0.29, 0.717) is 0 Å². The Hall–Kier alpha value is -2.09. The molecule has 1 aliphatic rings. The van der Waals surface area contributed by atoms with Crippen molar-refractivity contribution in [3.63, 3.8) is 0 Å². The molecule has 1 atom stereocenters. The van der Waals surface area contributed by atoms with Crippen LogP contribution in [0.2, 0.25) is 0 Å². The van der Waals surface area contributed by atoms with Gasteiger partial charge < -0.3 is 10.1 Å². The normalized spacial score (nSPS) is 15.6. The number of methoxy groups -OCH3 is 1. The molecule has 0 aromatic heterocycles. The van der Waals surface area contributed by atoms with Crippen LogP contribution in [0.4, 0.5) is 4.39 Å². The smallest absolute Gasteiger partial charge is 0.259 e. The highest BCUT2D eigenvalue weighted by Crippen LogP contribution is 2.32. The van der Waals surface area contributed by atoms with Crippen LogP contribution in [0.5, 0.6) is 5.75 Å². The average molecular weight is 248 g/mol. The first-order valence-electron chi connectivity index (χ1n) is 5.70. The standard InChI is InChI=1S/C13H13FN2O2/c1-18-11-4-2-3-9(14)12(11)13(17)16-10(7-15)8-5-6-8/h2-4,8,10H,5-6H2,1H3,(H,16,17). The van der Waals surface area contributed by atoms with E-state index in [2.05, 4.69) is 5.32 Å². The number of nitrogens with one attached hydrogen (secondary N) is 1. The Kier molecular flexibility index (Phi) is 3.47. The molecule has 1 N–H and O–H groups in total. The Morgan fingerprint density at radius 1 is 1.61 bits per heavy atom. The molecule has 5 heteroatoms. The molecule has 0 heterocycles. The summed E-state index contributed by atoms with van der Waals surface area (Å²) >= 11 is 0. The fourth-order valence-corrected chi connectivity index (χ4v) is 1.79. The Labute approximate surface area is 104 Å². The molecule has 1 fully saturated rings. The zero-order chi connectivity index (χ0) is 13.1. The highest BCUT2D eigenvalue weighted by atomic mass is 19.1. The van der Waals surface area contributed by atoms with E-state index < -0.39 is 17.8 Å². The van der Waals surface area contributed by atoms with Gasteiger partial charge >= 0.3 is 0 Å². The summed E-state index contributed by atoms with van der Waals surface area (Å²) in [6.07, 6.45) is 1.85. The number of halogens is 1. The van der Waals surface area contributed by atoms with Crippen LogP contribution in [0.15, 0.2) is 18.2 Å². The summed E-state index contributed by atoms with van der Waals surface area (Å²) in [5.74, 6) is -0.903. The summed E-state index contributed by atoms with van der Waals surface area (Å²) in [7, 11) is 1.37. The lowest BCUT2D eigenvalue weighted by atomic mass is 10.1. The number of ether oxygens (including phenoxy) is 1. The van der Waals surface area contributed by atoms with Crippen molar-refractivity contribution in [3.8, 4) is 11.8 Å². The van der Waals surface area contributed by atoms with Crippen molar-refractivity contribution in [2.45, 2.75) is 18.9 Å². The molecule has 4 nitrogen and oxygen atoms in total. The number of carbonyl (C=O) groups is 1. The molecular formula is C13H13FN2O2. The maximum absolute atomic E-state index is 13.6. The van der Waals surface area contributed by atoms with Crippen LogP contribution in [0.3, 0.4) is 0 Å². The van der Waals surface area contributed by atoms with Gasteiger partial charge in [-0.1, -0.05) is 6.07 Å². The molecule has 0 spiro atoms. The van der Waals surface area contributed by atoms with E-state index >= 15 is 0 Å². The second-order valence-electron chi connectivity index (χ2n) is 4.23. The zero-order valence-corrected chi connectivity index (χ0v) is 9.94. The third kappa shape index (κ3) is 2.43. The van der Waals surface area contributed by atoms with E-state index in [1.807, 2.05) is 6.07 Å². The number of rotatable bonds is 4. The first kappa shape index (κ1) is 12.4. The van der Waals surface area contributed by atoms with Crippen LogP contribution < -0.4 is 10.1 Å². The van der Waals surface area contributed by atoms with Gasteiger partial charge in [0.25, 0.3) is 5.91 Å². The maximum atomic E-state index is 13.6. The Morgan fingerprint density at radius 3 is 2.89 bits per heavy atom. The van der Waals surface area contributed by atoms with Crippen molar-refractivity contribution in [3.05, 3.63) is 29.6 Å². The highest BCUT2D eigenvalue weighted by Gasteiger charge is 2.33. The van der Waals surface area contributed by atoms with E-state index in [-0.39, 0.29) is 17.2 Å². The third-order valence-electron chi connectivity index (χ3n) is 2.94. The summed E-state index contributed by atoms with van der Waals surface area (Å²) in [5, 5.41) is 11.5. The topological polar surface area (TPSA) is 62.1 Å². The van der Waals surface area contributed by atoms with E-state index in [4.69, 9.17) is 10.00 Å². The molecule has 94 valence electrons. The second-order valence-corrected chi connectivity index (χ2v) is 4.23. The molecular weight excluding hydrogens is 235 g/mol. The van der Waals surface area contributed by atoms with Crippen molar-refractivity contribution in [2.75, 3.05) is 7.11 Å². The van der Waals surface area contributed by atoms with Gasteiger partial charge in [0.05, 0.1) is 13.2 Å². The molecule has 0 bridgehead atoms. The van der Waals surface area contributed by atoms with Gasteiger partial charge in [-0.2, -0.15) is 5.26 Å². The molecule has 0 aliphatic heterocycles. The minimum absolute atomic E-state index is 0.152. The Balaban J connectivity index is 2.20. The zero-order valence-electron chi connectivity index (χ0n) is 9.94.